The van der Waals surface area contributed by atoms with Crippen molar-refractivity contribution in [1.29, 1.82) is 0 Å². The maximum absolute atomic E-state index is 13.8. The molecule has 25 nitrogen and oxygen atoms in total. The molecule has 0 fully saturated rings. The molecule has 0 spiro atoms. The molecular formula is C85H92Cl2FN11O14S2. The van der Waals surface area contributed by atoms with Gasteiger partial charge in [0.15, 0.2) is 27.2 Å². The van der Waals surface area contributed by atoms with Gasteiger partial charge in [-0.1, -0.05) is 75.2 Å². The summed E-state index contributed by atoms with van der Waals surface area (Å²) < 4.78 is 69.2. The van der Waals surface area contributed by atoms with Crippen LogP contribution < -0.4 is 30.9 Å². The molecule has 604 valence electrons. The lowest BCUT2D eigenvalue weighted by Crippen LogP contribution is -2.34. The Morgan fingerprint density at radius 3 is 1.51 bits per heavy atom. The lowest BCUT2D eigenvalue weighted by atomic mass is 9.91. The zero-order chi connectivity index (χ0) is 82.9. The van der Waals surface area contributed by atoms with Crippen LogP contribution in [-0.4, -0.2) is 158 Å². The van der Waals surface area contributed by atoms with E-state index in [0.717, 1.165) is 50.5 Å². The highest BCUT2D eigenvalue weighted by atomic mass is 35.5. The zero-order valence-electron chi connectivity index (χ0n) is 65.2. The maximum atomic E-state index is 13.8. The van der Waals surface area contributed by atoms with Crippen molar-refractivity contribution in [3.63, 3.8) is 0 Å². The van der Waals surface area contributed by atoms with Crippen LogP contribution in [0.15, 0.2) is 107 Å². The van der Waals surface area contributed by atoms with Crippen molar-refractivity contribution >= 4 is 154 Å². The molecule has 7 heterocycles. The number of Topliss-reactive ketones (excluding diaryl/α,β-unsaturated/α-hetero) is 3. The van der Waals surface area contributed by atoms with E-state index in [1.807, 2.05) is 12.1 Å². The second-order valence-electron chi connectivity index (χ2n) is 28.5. The van der Waals surface area contributed by atoms with Gasteiger partial charge in [0.2, 0.25) is 11.8 Å². The summed E-state index contributed by atoms with van der Waals surface area (Å²) in [6, 6.07) is 25.3. The normalized spacial score (nSPS) is 15.0. The number of H-pyrrole nitrogens is 3. The minimum Gasteiger partial charge on any atom is -0.481 e. The van der Waals surface area contributed by atoms with Crippen LogP contribution >= 0.6 is 23.2 Å². The van der Waals surface area contributed by atoms with Gasteiger partial charge in [-0.05, 0) is 206 Å². The van der Waals surface area contributed by atoms with Crippen LogP contribution in [0.25, 0.3) is 34.9 Å². The zero-order valence-corrected chi connectivity index (χ0v) is 68.3. The minimum atomic E-state index is -3.89. The van der Waals surface area contributed by atoms with Crippen molar-refractivity contribution in [2.75, 3.05) is 79.2 Å². The Balaban J connectivity index is 0.000000172. The maximum Gasteiger partial charge on any atom is 0.303 e. The van der Waals surface area contributed by atoms with Gasteiger partial charge in [-0.25, -0.2) is 21.2 Å². The molecule has 0 radical (unpaired) electrons. The lowest BCUT2D eigenvalue weighted by molar-refractivity contribution is -0.137. The number of anilines is 4. The fraction of sp³-hybridized carbons (Fsp3) is 0.329. The van der Waals surface area contributed by atoms with Gasteiger partial charge in [0.05, 0.1) is 38.0 Å². The van der Waals surface area contributed by atoms with E-state index in [9.17, 15) is 69.5 Å². The van der Waals surface area contributed by atoms with Crippen molar-refractivity contribution in [3.05, 3.63) is 208 Å². The van der Waals surface area contributed by atoms with Crippen LogP contribution in [0, 0.1) is 19.7 Å². The number of likely N-dealkylation sites (N-methyl/N-ethyl adjacent to an activating group) is 2. The van der Waals surface area contributed by atoms with Crippen molar-refractivity contribution in [3.8, 4) is 0 Å². The second-order valence-corrected chi connectivity index (χ2v) is 33.2. The number of carboxylic acid groups (broad SMARTS) is 1. The van der Waals surface area contributed by atoms with E-state index in [1.165, 1.54) is 60.6 Å². The number of benzene rings is 5. The topological polar surface area (TPSA) is 359 Å². The summed E-state index contributed by atoms with van der Waals surface area (Å²) in [6.45, 7) is 21.4. The number of hydrogen-bond acceptors (Lipinski definition) is 15. The Kier molecular flexibility index (Phi) is 27.1. The molecule has 5 amide bonds. The van der Waals surface area contributed by atoms with E-state index in [0.29, 0.717) is 164 Å². The van der Waals surface area contributed by atoms with Crippen molar-refractivity contribution in [1.82, 2.24) is 35.4 Å². The number of nitrogens with zero attached hydrogens (tertiary/aromatic N) is 3. The quantitative estimate of drug-likeness (QED) is 0.0155. The molecule has 1 aliphatic carbocycles. The number of aliphatic carboxylic acids is 1. The largest absolute Gasteiger partial charge is 0.481 e. The number of nitrogens with one attached hydrogen (secondary N) is 8. The predicted octanol–water partition coefficient (Wildman–Crippen LogP) is 13.0. The van der Waals surface area contributed by atoms with Gasteiger partial charge in [0.25, 0.3) is 27.7 Å². The van der Waals surface area contributed by atoms with E-state index < -0.39 is 49.2 Å². The van der Waals surface area contributed by atoms with E-state index in [4.69, 9.17) is 23.2 Å². The number of sulfonamides is 1. The molecule has 0 atom stereocenters. The van der Waals surface area contributed by atoms with Crippen LogP contribution in [0.3, 0.4) is 0 Å². The van der Waals surface area contributed by atoms with Crippen LogP contribution in [0.2, 0.25) is 10.0 Å². The highest BCUT2D eigenvalue weighted by Gasteiger charge is 2.36. The average molecular weight is 1650 g/mol. The summed E-state index contributed by atoms with van der Waals surface area (Å²) in [5.41, 5.74) is 12.5. The number of hydrogen-bond donors (Lipinski definition) is 9. The van der Waals surface area contributed by atoms with Gasteiger partial charge >= 0.3 is 5.97 Å². The SMILES string of the molecule is CCN(CC)CCNC(=O)CCc1c(/C=C2\C(=O)Nc3ccc(S(=O)(=O)Cc4c(Cl)cccc4Cl)cc32)[nH]c(C)c1C(C)=O.CCN(CC)CCNC(=O)CCc1c(C=C2C(=O)Nc3ccc(F)cc32)[nH]c(C)c1C(C)=O.O=C(O)CCc1c(/C=C2\C(=O)Nc3ccc(S(=O)(=O)N4CCc5ccccc54)cc32)[nH]c2c1C(=O)CCC2. The molecule has 0 saturated heterocycles. The van der Waals surface area contributed by atoms with Gasteiger partial charge in [0.1, 0.15) is 5.82 Å². The number of aryl methyl sites for hydroxylation is 3. The molecule has 8 aromatic rings. The Morgan fingerprint density at radius 2 is 1.02 bits per heavy atom. The number of para-hydroxylation sites is 1. The number of carboxylic acids is 1. The highest BCUT2D eigenvalue weighted by molar-refractivity contribution is 7.93. The summed E-state index contributed by atoms with van der Waals surface area (Å²) >= 11 is 12.5. The number of rotatable bonds is 29. The fourth-order valence-electron chi connectivity index (χ4n) is 15.2. The summed E-state index contributed by atoms with van der Waals surface area (Å²) in [4.78, 5) is 127. The second kappa shape index (κ2) is 36.7. The first-order valence-electron chi connectivity index (χ1n) is 38.2. The van der Waals surface area contributed by atoms with Crippen LogP contribution in [-0.2, 0) is 86.5 Å². The Labute approximate surface area is 676 Å². The van der Waals surface area contributed by atoms with Gasteiger partial charge in [-0.3, -0.25) is 47.5 Å². The summed E-state index contributed by atoms with van der Waals surface area (Å²) in [7, 11) is -7.76. The van der Waals surface area contributed by atoms with Gasteiger partial charge in [-0.2, -0.15) is 0 Å². The first kappa shape index (κ1) is 85.0. The van der Waals surface area contributed by atoms with E-state index in [-0.39, 0.29) is 98.2 Å². The third-order valence-electron chi connectivity index (χ3n) is 21.1. The number of aromatic nitrogens is 3. The number of amides is 5. The Hall–Kier alpha value is -10.9. The van der Waals surface area contributed by atoms with E-state index in [2.05, 4.69) is 79.0 Å². The number of ketones is 3. The lowest BCUT2D eigenvalue weighted by Gasteiger charge is -2.20. The third kappa shape index (κ3) is 19.2. The van der Waals surface area contributed by atoms with Gasteiger partial charge in [-0.15, -0.1) is 0 Å². The Morgan fingerprint density at radius 1 is 0.557 bits per heavy atom. The number of carbonyl (C=O) groups excluding carboxylic acids is 8. The summed E-state index contributed by atoms with van der Waals surface area (Å²) in [6.07, 6.45) is 8.19. The fourth-order valence-corrected chi connectivity index (χ4v) is 18.9. The van der Waals surface area contributed by atoms with Crippen LogP contribution in [0.4, 0.5) is 27.1 Å². The highest BCUT2D eigenvalue weighted by Crippen LogP contribution is 2.42. The molecule has 5 aliphatic rings. The molecule has 13 rings (SSSR count). The predicted molar refractivity (Wildman–Crippen MR) is 444 cm³/mol. The molecule has 5 aromatic carbocycles. The Bertz CT molecular complexity index is 5550. The molecule has 4 aliphatic heterocycles. The van der Waals surface area contributed by atoms with Crippen molar-refractivity contribution in [2.45, 2.75) is 135 Å². The monoisotopic (exact) mass is 1640 g/mol. The smallest absolute Gasteiger partial charge is 0.303 e. The van der Waals surface area contributed by atoms with Crippen molar-refractivity contribution in [2.24, 2.45) is 0 Å². The van der Waals surface area contributed by atoms with E-state index >= 15 is 0 Å². The van der Waals surface area contributed by atoms with Crippen LogP contribution in [0.1, 0.15) is 183 Å². The molecule has 0 saturated carbocycles. The number of fused-ring (bicyclic) bond motifs is 5. The average Bonchev–Trinajstić information content (AvgIpc) is 1.62. The van der Waals surface area contributed by atoms with Crippen LogP contribution in [0.5, 0.6) is 0 Å². The third-order valence-corrected chi connectivity index (χ3v) is 25.3. The summed E-state index contributed by atoms with van der Waals surface area (Å²) in [5, 5.41) is 23.9. The first-order valence-corrected chi connectivity index (χ1v) is 42.0. The van der Waals surface area contributed by atoms with Gasteiger partial charge in [0, 0.05) is 159 Å². The molecule has 115 heavy (non-hydrogen) atoms. The molecular weight excluding hydrogens is 1550 g/mol. The number of halogens is 3. The minimum absolute atomic E-state index is 0.00309. The number of sulfone groups is 1. The summed E-state index contributed by atoms with van der Waals surface area (Å²) in [5.74, 6) is -3.55. The van der Waals surface area contributed by atoms with E-state index in [1.54, 1.807) is 74.5 Å². The first-order chi connectivity index (χ1) is 54.8. The molecule has 0 unspecified atom stereocenters. The van der Waals surface area contributed by atoms with Crippen molar-refractivity contribution < 1.29 is 69.5 Å². The number of carbonyl (C=O) groups is 9. The molecule has 9 N–H and O–H groups in total. The number of aromatic amines is 3. The van der Waals surface area contributed by atoms with Gasteiger partial charge < -0.3 is 56.4 Å². The molecule has 30 heteroatoms. The molecule has 0 bridgehead atoms. The standard InChI is InChI=1S/C32H36Cl2N4O5S.C28H25N3O6S.C25H31FN4O3/c1-5-38(6-2)15-14-35-30(40)13-11-22-29(36-19(3)31(22)20(4)39)17-24-23-16-21(10-12-28(23)37-32(24)41)44(42,43)18-25-26(33)8-7-9-27(25)34;32-25-7-3-5-22-27(25)18(9-11-26(33)34)23(29-22)15-20-19-14-17(8-10-21(19)30-28(20)35)38(36,37)31-13-12-16-4-1-2-6-24(16)31;1-5-30(6-2)12-11-27-23(32)10-8-18-22(28-15(3)24(18)16(4)31)14-20-19-13-17(26)7-9-21(19)29-25(20)33/h7-10,12,16-17,36H,5-6,11,13-15,18H2,1-4H3,(H,35,40)(H,37,41);1-2,4,6,8,10,14-15,29H,3,5,7,9,11-13H2,(H,30,35)(H,33,34);7,9,13-14,28H,5-6,8,10-12H2,1-4H3,(H,27,32)(H,29,33)/b24-17-;20-15-;. The molecule has 3 aromatic heterocycles.